The first kappa shape index (κ1) is 13.5. The maximum Gasteiger partial charge on any atom is 0.326 e. The lowest BCUT2D eigenvalue weighted by atomic mass is 10.2. The van der Waals surface area contributed by atoms with Gasteiger partial charge >= 0.3 is 5.97 Å². The van der Waals surface area contributed by atoms with Crippen LogP contribution in [0.4, 0.5) is 0 Å². The summed E-state index contributed by atoms with van der Waals surface area (Å²) < 4.78 is 0. The molecule has 2 amide bonds. The summed E-state index contributed by atoms with van der Waals surface area (Å²) >= 11 is 0. The van der Waals surface area contributed by atoms with Gasteiger partial charge < -0.3 is 15.3 Å². The molecule has 1 fully saturated rings. The van der Waals surface area contributed by atoms with E-state index in [0.717, 1.165) is 6.42 Å². The number of aliphatic carboxylic acids is 1. The Morgan fingerprint density at radius 1 is 1.41 bits per heavy atom. The van der Waals surface area contributed by atoms with Crippen LogP contribution < -0.4 is 5.32 Å². The van der Waals surface area contributed by atoms with Crippen molar-refractivity contribution in [3.05, 3.63) is 0 Å². The number of amides is 2. The smallest absolute Gasteiger partial charge is 0.326 e. The number of carboxylic acids is 1. The molecule has 0 saturated carbocycles. The fourth-order valence-corrected chi connectivity index (χ4v) is 1.91. The number of likely N-dealkylation sites (tertiary alicyclic amines) is 1. The first-order valence-corrected chi connectivity index (χ1v) is 5.85. The van der Waals surface area contributed by atoms with E-state index >= 15 is 0 Å². The fraction of sp³-hybridized carbons (Fsp3) is 0.727. The molecular weight excluding hydrogens is 224 g/mol. The highest BCUT2D eigenvalue weighted by Gasteiger charge is 2.33. The minimum absolute atomic E-state index is 0.109. The third kappa shape index (κ3) is 3.72. The number of nitrogens with one attached hydrogen (secondary N) is 1. The van der Waals surface area contributed by atoms with Crippen LogP contribution in [0.2, 0.25) is 0 Å². The Balaban J connectivity index is 2.42. The molecule has 1 atom stereocenters. The van der Waals surface area contributed by atoms with E-state index in [4.69, 9.17) is 5.11 Å². The Kier molecular flexibility index (Phi) is 4.93. The zero-order chi connectivity index (χ0) is 12.8. The number of carbonyl (C=O) groups excluding carboxylic acids is 2. The molecule has 0 aromatic rings. The van der Waals surface area contributed by atoms with Crippen molar-refractivity contribution >= 4 is 17.8 Å². The molecule has 6 heteroatoms. The van der Waals surface area contributed by atoms with Crippen molar-refractivity contribution in [1.82, 2.24) is 10.2 Å². The van der Waals surface area contributed by atoms with Gasteiger partial charge in [-0.2, -0.15) is 0 Å². The molecule has 1 saturated heterocycles. The molecule has 96 valence electrons. The summed E-state index contributed by atoms with van der Waals surface area (Å²) in [6, 6.07) is -0.731. The molecule has 0 aromatic carbocycles. The van der Waals surface area contributed by atoms with Crippen LogP contribution in [0.15, 0.2) is 0 Å². The maximum absolute atomic E-state index is 11.7. The fourth-order valence-electron chi connectivity index (χ4n) is 1.91. The normalized spacial score (nSPS) is 19.1. The van der Waals surface area contributed by atoms with E-state index in [1.807, 2.05) is 6.92 Å². The molecule has 1 aliphatic heterocycles. The molecule has 2 N–H and O–H groups in total. The molecule has 0 spiro atoms. The molecule has 0 unspecified atom stereocenters. The molecule has 1 heterocycles. The molecule has 0 aliphatic carbocycles. The molecule has 6 nitrogen and oxygen atoms in total. The predicted octanol–water partition coefficient (Wildman–Crippen LogP) is -0.0217. The van der Waals surface area contributed by atoms with E-state index < -0.39 is 12.0 Å². The highest BCUT2D eigenvalue weighted by atomic mass is 16.4. The Morgan fingerprint density at radius 2 is 2.12 bits per heavy atom. The first-order chi connectivity index (χ1) is 8.06. The summed E-state index contributed by atoms with van der Waals surface area (Å²) in [5.41, 5.74) is 0. The molecule has 1 aliphatic rings. The number of carboxylic acid groups (broad SMARTS) is 1. The number of carbonyl (C=O) groups is 3. The van der Waals surface area contributed by atoms with Gasteiger partial charge in [0.15, 0.2) is 0 Å². The Labute approximate surface area is 100.0 Å². The lowest BCUT2D eigenvalue weighted by molar-refractivity contribution is -0.148. The Morgan fingerprint density at radius 3 is 2.71 bits per heavy atom. The topological polar surface area (TPSA) is 86.7 Å². The molecule has 0 aromatic heterocycles. The van der Waals surface area contributed by atoms with Crippen LogP contribution >= 0.6 is 0 Å². The van der Waals surface area contributed by atoms with Crippen molar-refractivity contribution < 1.29 is 19.5 Å². The van der Waals surface area contributed by atoms with Crippen LogP contribution in [-0.4, -0.2) is 46.9 Å². The molecule has 1 rings (SSSR count). The third-order valence-corrected chi connectivity index (χ3v) is 2.77. The van der Waals surface area contributed by atoms with E-state index in [0.29, 0.717) is 25.8 Å². The summed E-state index contributed by atoms with van der Waals surface area (Å²) in [5.74, 6) is -1.47. The van der Waals surface area contributed by atoms with Gasteiger partial charge in [-0.15, -0.1) is 0 Å². The van der Waals surface area contributed by atoms with Crippen LogP contribution in [0.5, 0.6) is 0 Å². The minimum atomic E-state index is -0.976. The predicted molar refractivity (Wildman–Crippen MR) is 60.3 cm³/mol. The quantitative estimate of drug-likeness (QED) is 0.709. The van der Waals surface area contributed by atoms with Crippen LogP contribution in [0.25, 0.3) is 0 Å². The SMILES string of the molecule is CCCC(=O)NCC(=O)N1CCC[C@H]1C(=O)O. The highest BCUT2D eigenvalue weighted by Crippen LogP contribution is 2.17. The van der Waals surface area contributed by atoms with E-state index in [-0.39, 0.29) is 18.4 Å². The van der Waals surface area contributed by atoms with Gasteiger partial charge in [0.1, 0.15) is 6.04 Å². The van der Waals surface area contributed by atoms with Crippen molar-refractivity contribution in [3.63, 3.8) is 0 Å². The largest absolute Gasteiger partial charge is 0.480 e. The average Bonchev–Trinajstić information content (AvgIpc) is 2.75. The van der Waals surface area contributed by atoms with Crippen LogP contribution in [-0.2, 0) is 14.4 Å². The number of hydrogen-bond acceptors (Lipinski definition) is 3. The van der Waals surface area contributed by atoms with Crippen molar-refractivity contribution in [2.75, 3.05) is 13.1 Å². The van der Waals surface area contributed by atoms with Gasteiger partial charge in [0.25, 0.3) is 0 Å². The summed E-state index contributed by atoms with van der Waals surface area (Å²) in [6.45, 7) is 2.23. The summed E-state index contributed by atoms with van der Waals surface area (Å²) in [7, 11) is 0. The summed E-state index contributed by atoms with van der Waals surface area (Å²) in [5, 5.41) is 11.4. The highest BCUT2D eigenvalue weighted by molar-refractivity contribution is 5.88. The van der Waals surface area contributed by atoms with Gasteiger partial charge in [0.05, 0.1) is 6.54 Å². The zero-order valence-corrected chi connectivity index (χ0v) is 9.94. The van der Waals surface area contributed by atoms with Crippen molar-refractivity contribution in [1.29, 1.82) is 0 Å². The van der Waals surface area contributed by atoms with Crippen LogP contribution in [0.3, 0.4) is 0 Å². The first-order valence-electron chi connectivity index (χ1n) is 5.85. The second-order valence-corrected chi connectivity index (χ2v) is 4.11. The number of rotatable bonds is 5. The second kappa shape index (κ2) is 6.22. The van der Waals surface area contributed by atoms with Gasteiger partial charge in [-0.05, 0) is 19.3 Å². The minimum Gasteiger partial charge on any atom is -0.480 e. The third-order valence-electron chi connectivity index (χ3n) is 2.77. The molecular formula is C11H18N2O4. The Hall–Kier alpha value is -1.59. The van der Waals surface area contributed by atoms with E-state index in [2.05, 4.69) is 5.32 Å². The molecule has 17 heavy (non-hydrogen) atoms. The van der Waals surface area contributed by atoms with Gasteiger partial charge in [-0.3, -0.25) is 9.59 Å². The molecule has 0 bridgehead atoms. The van der Waals surface area contributed by atoms with E-state index in [1.54, 1.807) is 0 Å². The van der Waals surface area contributed by atoms with Gasteiger partial charge in [0, 0.05) is 13.0 Å². The maximum atomic E-state index is 11.7. The Bertz CT molecular complexity index is 317. The standard InChI is InChI=1S/C11H18N2O4/c1-2-4-9(14)12-7-10(15)13-6-3-5-8(13)11(16)17/h8H,2-7H2,1H3,(H,12,14)(H,16,17)/t8-/m0/s1. The number of nitrogens with zero attached hydrogens (tertiary/aromatic N) is 1. The monoisotopic (exact) mass is 242 g/mol. The summed E-state index contributed by atoms with van der Waals surface area (Å²) in [6.07, 6.45) is 2.30. The summed E-state index contributed by atoms with van der Waals surface area (Å²) in [4.78, 5) is 35.1. The zero-order valence-electron chi connectivity index (χ0n) is 9.94. The second-order valence-electron chi connectivity index (χ2n) is 4.11. The van der Waals surface area contributed by atoms with Crippen LogP contribution in [0, 0.1) is 0 Å². The van der Waals surface area contributed by atoms with E-state index in [1.165, 1.54) is 4.90 Å². The lowest BCUT2D eigenvalue weighted by Crippen LogP contribution is -2.45. The van der Waals surface area contributed by atoms with Crippen molar-refractivity contribution in [2.24, 2.45) is 0 Å². The van der Waals surface area contributed by atoms with Crippen molar-refractivity contribution in [3.8, 4) is 0 Å². The van der Waals surface area contributed by atoms with Gasteiger partial charge in [0.2, 0.25) is 11.8 Å². The van der Waals surface area contributed by atoms with Crippen LogP contribution in [0.1, 0.15) is 32.6 Å². The average molecular weight is 242 g/mol. The number of hydrogen-bond donors (Lipinski definition) is 2. The van der Waals surface area contributed by atoms with E-state index in [9.17, 15) is 14.4 Å². The van der Waals surface area contributed by atoms with Crippen molar-refractivity contribution in [2.45, 2.75) is 38.6 Å². The van der Waals surface area contributed by atoms with Gasteiger partial charge in [-0.1, -0.05) is 6.92 Å². The van der Waals surface area contributed by atoms with Gasteiger partial charge in [-0.25, -0.2) is 4.79 Å². The molecule has 0 radical (unpaired) electrons. The lowest BCUT2D eigenvalue weighted by Gasteiger charge is -2.21.